The van der Waals surface area contributed by atoms with Gasteiger partial charge >= 0.3 is 6.03 Å². The molecule has 0 atom stereocenters. The Kier molecular flexibility index (Phi) is 5.32. The number of rotatable bonds is 4. The Morgan fingerprint density at radius 3 is 2.36 bits per heavy atom. The molecule has 1 heterocycles. The lowest BCUT2D eigenvalue weighted by Crippen LogP contribution is -2.49. The number of carbonyl (C=O) groups is 2. The fourth-order valence-corrected chi connectivity index (χ4v) is 2.41. The average molecular weight is 328 g/mol. The summed E-state index contributed by atoms with van der Waals surface area (Å²) < 4.78 is 10.4. The molecule has 120 valence electrons. The number of piperazine rings is 1. The van der Waals surface area contributed by atoms with Gasteiger partial charge in [0, 0.05) is 38.3 Å². The number of hydrogen-bond acceptors (Lipinski definition) is 4. The van der Waals surface area contributed by atoms with Crippen LogP contribution >= 0.6 is 11.6 Å². The van der Waals surface area contributed by atoms with E-state index < -0.39 is 0 Å². The van der Waals surface area contributed by atoms with Crippen LogP contribution in [0.2, 0.25) is 5.02 Å². The Morgan fingerprint density at radius 1 is 1.18 bits per heavy atom. The number of ether oxygens (including phenoxy) is 2. The van der Waals surface area contributed by atoms with Crippen molar-refractivity contribution in [3.63, 3.8) is 0 Å². The van der Waals surface area contributed by atoms with Crippen molar-refractivity contribution in [1.82, 2.24) is 9.80 Å². The number of nitrogens with one attached hydrogen (secondary N) is 1. The zero-order valence-electron chi connectivity index (χ0n) is 12.5. The summed E-state index contributed by atoms with van der Waals surface area (Å²) in [6.07, 6.45) is 0.794. The monoisotopic (exact) mass is 327 g/mol. The molecule has 2 rings (SSSR count). The summed E-state index contributed by atoms with van der Waals surface area (Å²) in [5, 5.41) is 3.18. The van der Waals surface area contributed by atoms with E-state index in [4.69, 9.17) is 21.1 Å². The van der Waals surface area contributed by atoms with Crippen LogP contribution in [0.4, 0.5) is 10.5 Å². The van der Waals surface area contributed by atoms with Gasteiger partial charge in [-0.25, -0.2) is 4.79 Å². The highest BCUT2D eigenvalue weighted by atomic mass is 35.5. The molecule has 1 aromatic carbocycles. The van der Waals surface area contributed by atoms with Crippen LogP contribution in [0.15, 0.2) is 12.1 Å². The first-order valence-corrected chi connectivity index (χ1v) is 7.13. The first kappa shape index (κ1) is 16.2. The van der Waals surface area contributed by atoms with Gasteiger partial charge in [0.25, 0.3) is 0 Å². The van der Waals surface area contributed by atoms with E-state index in [1.165, 1.54) is 14.2 Å². The maximum Gasteiger partial charge on any atom is 0.322 e. The predicted molar refractivity (Wildman–Crippen MR) is 82.8 cm³/mol. The van der Waals surface area contributed by atoms with Crippen molar-refractivity contribution in [3.05, 3.63) is 17.2 Å². The third-order valence-corrected chi connectivity index (χ3v) is 3.76. The minimum atomic E-state index is -0.256. The van der Waals surface area contributed by atoms with Gasteiger partial charge in [0.05, 0.1) is 24.9 Å². The van der Waals surface area contributed by atoms with Crippen LogP contribution in [0, 0.1) is 0 Å². The van der Waals surface area contributed by atoms with E-state index in [0.29, 0.717) is 48.4 Å². The minimum absolute atomic E-state index is 0.256. The van der Waals surface area contributed by atoms with Crippen LogP contribution in [0.5, 0.6) is 11.5 Å². The highest BCUT2D eigenvalue weighted by molar-refractivity contribution is 6.32. The molecule has 0 aliphatic carbocycles. The van der Waals surface area contributed by atoms with Gasteiger partial charge in [-0.05, 0) is 0 Å². The maximum absolute atomic E-state index is 12.3. The van der Waals surface area contributed by atoms with E-state index in [1.54, 1.807) is 21.9 Å². The second-order valence-electron chi connectivity index (χ2n) is 4.75. The van der Waals surface area contributed by atoms with Crippen molar-refractivity contribution >= 4 is 29.7 Å². The Labute approximate surface area is 133 Å². The molecule has 1 saturated heterocycles. The highest BCUT2D eigenvalue weighted by Gasteiger charge is 2.21. The second kappa shape index (κ2) is 7.22. The van der Waals surface area contributed by atoms with Gasteiger partial charge in [-0.2, -0.15) is 0 Å². The molecule has 1 aliphatic heterocycles. The Balaban J connectivity index is 2.09. The normalized spacial score (nSPS) is 14.5. The maximum atomic E-state index is 12.3. The van der Waals surface area contributed by atoms with Crippen LogP contribution in [0.1, 0.15) is 0 Å². The molecule has 3 amide bonds. The van der Waals surface area contributed by atoms with E-state index in [-0.39, 0.29) is 6.03 Å². The first-order chi connectivity index (χ1) is 10.6. The van der Waals surface area contributed by atoms with Gasteiger partial charge in [-0.3, -0.25) is 4.79 Å². The number of amides is 3. The van der Waals surface area contributed by atoms with Crippen LogP contribution < -0.4 is 14.8 Å². The van der Waals surface area contributed by atoms with Gasteiger partial charge in [-0.15, -0.1) is 0 Å². The molecule has 1 fully saturated rings. The highest BCUT2D eigenvalue weighted by Crippen LogP contribution is 2.35. The molecule has 8 heteroatoms. The molecule has 1 aliphatic rings. The lowest BCUT2D eigenvalue weighted by molar-refractivity contribution is -0.119. The van der Waals surface area contributed by atoms with Crippen molar-refractivity contribution in [2.45, 2.75) is 0 Å². The Morgan fingerprint density at radius 2 is 1.82 bits per heavy atom. The Hall–Kier alpha value is -2.15. The SMILES string of the molecule is COc1cc(NC(=O)N2CCN(C=O)CC2)c(OC)cc1Cl. The van der Waals surface area contributed by atoms with Crippen LogP contribution in [0.3, 0.4) is 0 Å². The van der Waals surface area contributed by atoms with Gasteiger partial charge in [0.15, 0.2) is 0 Å². The summed E-state index contributed by atoms with van der Waals surface area (Å²) in [6.45, 7) is 2.02. The van der Waals surface area contributed by atoms with E-state index in [1.807, 2.05) is 0 Å². The summed E-state index contributed by atoms with van der Waals surface area (Å²) >= 11 is 6.03. The lowest BCUT2D eigenvalue weighted by Gasteiger charge is -2.32. The summed E-state index contributed by atoms with van der Waals surface area (Å²) in [5.74, 6) is 0.897. The van der Waals surface area contributed by atoms with Crippen LogP contribution in [0.25, 0.3) is 0 Å². The molecule has 0 saturated carbocycles. The lowest BCUT2D eigenvalue weighted by atomic mass is 10.2. The number of hydrogen-bond donors (Lipinski definition) is 1. The van der Waals surface area contributed by atoms with E-state index in [2.05, 4.69) is 5.32 Å². The fourth-order valence-electron chi connectivity index (χ4n) is 2.18. The summed E-state index contributed by atoms with van der Waals surface area (Å²) in [5.41, 5.74) is 0.478. The molecule has 22 heavy (non-hydrogen) atoms. The fraction of sp³-hybridized carbons (Fsp3) is 0.429. The molecular weight excluding hydrogens is 310 g/mol. The topological polar surface area (TPSA) is 71.1 Å². The zero-order valence-corrected chi connectivity index (χ0v) is 13.2. The van der Waals surface area contributed by atoms with Crippen molar-refractivity contribution in [1.29, 1.82) is 0 Å². The Bertz CT molecular complexity index is 559. The molecule has 0 unspecified atom stereocenters. The summed E-state index contributed by atoms with van der Waals surface area (Å²) in [4.78, 5) is 26.2. The van der Waals surface area contributed by atoms with Crippen molar-refractivity contribution < 1.29 is 19.1 Å². The van der Waals surface area contributed by atoms with Gasteiger partial charge < -0.3 is 24.6 Å². The summed E-state index contributed by atoms with van der Waals surface area (Å²) in [7, 11) is 2.99. The largest absolute Gasteiger partial charge is 0.495 e. The molecular formula is C14H18ClN3O4. The predicted octanol–water partition coefficient (Wildman–Crippen LogP) is 1.66. The zero-order chi connectivity index (χ0) is 16.1. The second-order valence-corrected chi connectivity index (χ2v) is 5.15. The van der Waals surface area contributed by atoms with Crippen molar-refractivity contribution in [2.24, 2.45) is 0 Å². The van der Waals surface area contributed by atoms with Crippen LogP contribution in [-0.2, 0) is 4.79 Å². The minimum Gasteiger partial charge on any atom is -0.495 e. The van der Waals surface area contributed by atoms with Gasteiger partial charge in [0.2, 0.25) is 6.41 Å². The quantitative estimate of drug-likeness (QED) is 0.854. The molecule has 1 aromatic rings. The first-order valence-electron chi connectivity index (χ1n) is 6.75. The molecule has 1 N–H and O–H groups in total. The molecule has 0 spiro atoms. The number of urea groups is 1. The van der Waals surface area contributed by atoms with Crippen LogP contribution in [-0.4, -0.2) is 62.6 Å². The third-order valence-electron chi connectivity index (χ3n) is 3.47. The smallest absolute Gasteiger partial charge is 0.322 e. The number of halogens is 1. The van der Waals surface area contributed by atoms with Gasteiger partial charge in [-0.1, -0.05) is 11.6 Å². The third kappa shape index (κ3) is 3.54. The van der Waals surface area contributed by atoms with Gasteiger partial charge in [0.1, 0.15) is 11.5 Å². The number of benzene rings is 1. The van der Waals surface area contributed by atoms with E-state index in [0.717, 1.165) is 6.41 Å². The molecule has 0 bridgehead atoms. The van der Waals surface area contributed by atoms with E-state index in [9.17, 15) is 9.59 Å². The number of anilines is 1. The standard InChI is InChI=1S/C14H18ClN3O4/c1-21-12-8-11(13(22-2)7-10(12)15)16-14(20)18-5-3-17(9-19)4-6-18/h7-9H,3-6H2,1-2H3,(H,16,20). The van der Waals surface area contributed by atoms with E-state index >= 15 is 0 Å². The van der Waals surface area contributed by atoms with Crippen molar-refractivity contribution in [3.8, 4) is 11.5 Å². The molecule has 0 aromatic heterocycles. The number of carbonyl (C=O) groups excluding carboxylic acids is 2. The average Bonchev–Trinajstić information content (AvgIpc) is 2.55. The molecule has 7 nitrogen and oxygen atoms in total. The number of methoxy groups -OCH3 is 2. The number of nitrogens with zero attached hydrogens (tertiary/aromatic N) is 2. The summed E-state index contributed by atoms with van der Waals surface area (Å²) in [6, 6.07) is 2.94. The molecule has 0 radical (unpaired) electrons. The van der Waals surface area contributed by atoms with Crippen molar-refractivity contribution in [2.75, 3.05) is 45.7 Å².